The molecule has 4 rings (SSSR count). The van der Waals surface area contributed by atoms with Gasteiger partial charge in [0.25, 0.3) is 0 Å². The Morgan fingerprint density at radius 1 is 1.47 bits per heavy atom. The second kappa shape index (κ2) is 3.84. The number of aromatic nitrogens is 1. The molecule has 0 amide bonds. The first-order valence-electron chi connectivity index (χ1n) is 6.57. The molecule has 19 heavy (non-hydrogen) atoms. The Morgan fingerprint density at radius 3 is 3.16 bits per heavy atom. The van der Waals surface area contributed by atoms with Crippen molar-refractivity contribution in [3.63, 3.8) is 0 Å². The zero-order chi connectivity index (χ0) is 13.1. The van der Waals surface area contributed by atoms with Crippen LogP contribution in [0.4, 0.5) is 4.39 Å². The van der Waals surface area contributed by atoms with Gasteiger partial charge in [-0.15, -0.1) is 0 Å². The van der Waals surface area contributed by atoms with E-state index in [9.17, 15) is 4.39 Å². The number of benzene rings is 1. The van der Waals surface area contributed by atoms with E-state index in [1.807, 2.05) is 12.3 Å². The number of hydrogen-bond donors (Lipinski definition) is 1. The predicted molar refractivity (Wildman–Crippen MR) is 75.8 cm³/mol. The summed E-state index contributed by atoms with van der Waals surface area (Å²) in [6.45, 7) is 4.03. The summed E-state index contributed by atoms with van der Waals surface area (Å²) in [5.74, 6) is 0.182. The van der Waals surface area contributed by atoms with Gasteiger partial charge in [0.05, 0.1) is 16.6 Å². The number of hydrogen-bond acceptors (Lipinski definition) is 1. The van der Waals surface area contributed by atoms with Gasteiger partial charge >= 0.3 is 0 Å². The van der Waals surface area contributed by atoms with Crippen LogP contribution in [0.3, 0.4) is 0 Å². The van der Waals surface area contributed by atoms with Gasteiger partial charge in [0, 0.05) is 30.2 Å². The van der Waals surface area contributed by atoms with Gasteiger partial charge in [-0.1, -0.05) is 24.6 Å². The largest absolute Gasteiger partial charge is 0.345 e. The normalized spacial score (nSPS) is 25.3. The molecule has 0 saturated heterocycles. The van der Waals surface area contributed by atoms with Crippen molar-refractivity contribution in [2.45, 2.75) is 19.5 Å². The van der Waals surface area contributed by atoms with Crippen LogP contribution < -0.4 is 5.32 Å². The Morgan fingerprint density at radius 2 is 2.32 bits per heavy atom. The molecule has 1 N–H and O–H groups in total. The lowest BCUT2D eigenvalue weighted by Gasteiger charge is -2.34. The summed E-state index contributed by atoms with van der Waals surface area (Å²) >= 11 is 6.04. The van der Waals surface area contributed by atoms with Crippen molar-refractivity contribution in [2.75, 3.05) is 6.54 Å². The summed E-state index contributed by atoms with van der Waals surface area (Å²) in [6.07, 6.45) is 4.24. The molecule has 0 saturated carbocycles. The highest BCUT2D eigenvalue weighted by Crippen LogP contribution is 2.39. The van der Waals surface area contributed by atoms with Gasteiger partial charge in [-0.3, -0.25) is 0 Å². The first kappa shape index (κ1) is 11.5. The monoisotopic (exact) mass is 276 g/mol. The molecule has 2 aliphatic heterocycles. The van der Waals surface area contributed by atoms with Crippen molar-refractivity contribution in [3.8, 4) is 0 Å². The molecule has 2 nitrogen and oxygen atoms in total. The number of rotatable bonds is 0. The highest BCUT2D eigenvalue weighted by atomic mass is 35.5. The van der Waals surface area contributed by atoms with E-state index in [0.29, 0.717) is 17.3 Å². The smallest absolute Gasteiger partial charge is 0.151 e. The van der Waals surface area contributed by atoms with E-state index in [0.717, 1.165) is 24.2 Å². The molecular formula is C15H14ClFN2. The second-order valence-corrected chi connectivity index (χ2v) is 5.92. The average Bonchev–Trinajstić information content (AvgIpc) is 2.81. The van der Waals surface area contributed by atoms with E-state index in [2.05, 4.69) is 22.9 Å². The van der Waals surface area contributed by atoms with Crippen molar-refractivity contribution in [2.24, 2.45) is 5.92 Å². The van der Waals surface area contributed by atoms with E-state index in [-0.39, 0.29) is 10.8 Å². The van der Waals surface area contributed by atoms with Gasteiger partial charge in [-0.2, -0.15) is 0 Å². The van der Waals surface area contributed by atoms with Gasteiger partial charge in [0.15, 0.2) is 5.82 Å². The lowest BCUT2D eigenvalue weighted by atomic mass is 9.87. The van der Waals surface area contributed by atoms with Crippen LogP contribution in [0.5, 0.6) is 0 Å². The molecule has 3 heterocycles. The van der Waals surface area contributed by atoms with Crippen LogP contribution in [0.15, 0.2) is 24.4 Å². The van der Waals surface area contributed by atoms with Gasteiger partial charge in [-0.25, -0.2) is 4.39 Å². The van der Waals surface area contributed by atoms with Crippen molar-refractivity contribution in [3.05, 3.63) is 40.8 Å². The Bertz CT molecular complexity index is 716. The summed E-state index contributed by atoms with van der Waals surface area (Å²) < 4.78 is 16.2. The maximum atomic E-state index is 14.1. The minimum atomic E-state index is -0.310. The van der Waals surface area contributed by atoms with Crippen LogP contribution >= 0.6 is 11.6 Å². The Labute approximate surface area is 115 Å². The number of fused-ring (bicyclic) bond motifs is 2. The third-order valence-electron chi connectivity index (χ3n) is 4.15. The molecule has 2 aliphatic rings. The van der Waals surface area contributed by atoms with Crippen LogP contribution in [0.2, 0.25) is 5.02 Å². The van der Waals surface area contributed by atoms with Gasteiger partial charge < -0.3 is 9.88 Å². The Balaban J connectivity index is 2.08. The molecule has 1 aromatic heterocycles. The van der Waals surface area contributed by atoms with Gasteiger partial charge in [0.2, 0.25) is 0 Å². The van der Waals surface area contributed by atoms with Crippen LogP contribution in [-0.4, -0.2) is 17.2 Å². The highest BCUT2D eigenvalue weighted by molar-refractivity contribution is 6.32. The average molecular weight is 277 g/mol. The topological polar surface area (TPSA) is 17.0 Å². The fraction of sp³-hybridized carbons (Fsp3) is 0.333. The van der Waals surface area contributed by atoms with Crippen LogP contribution in [-0.2, 0) is 6.54 Å². The zero-order valence-electron chi connectivity index (χ0n) is 10.6. The lowest BCUT2D eigenvalue weighted by Crippen LogP contribution is -2.42. The molecular weight excluding hydrogens is 263 g/mol. The molecule has 98 valence electrons. The third kappa shape index (κ3) is 1.52. The molecule has 0 spiro atoms. The molecule has 0 fully saturated rings. The zero-order valence-corrected chi connectivity index (χ0v) is 11.3. The fourth-order valence-electron chi connectivity index (χ4n) is 3.27. The molecule has 2 unspecified atom stereocenters. The molecule has 1 aromatic carbocycles. The number of nitrogens with one attached hydrogen (secondary N) is 1. The summed E-state index contributed by atoms with van der Waals surface area (Å²) in [5, 5.41) is 4.39. The maximum Gasteiger partial charge on any atom is 0.151 e. The third-order valence-corrected chi connectivity index (χ3v) is 4.43. The van der Waals surface area contributed by atoms with Gasteiger partial charge in [0.1, 0.15) is 0 Å². The van der Waals surface area contributed by atoms with E-state index in [1.54, 1.807) is 6.07 Å². The van der Waals surface area contributed by atoms with E-state index < -0.39 is 0 Å². The quantitative estimate of drug-likeness (QED) is 0.780. The number of nitrogens with zero attached hydrogens (tertiary/aromatic N) is 1. The summed E-state index contributed by atoms with van der Waals surface area (Å²) in [4.78, 5) is 0. The maximum absolute atomic E-state index is 14.1. The lowest BCUT2D eigenvalue weighted by molar-refractivity contribution is 0.472. The van der Waals surface area contributed by atoms with E-state index >= 15 is 0 Å². The molecule has 0 bridgehead atoms. The van der Waals surface area contributed by atoms with Crippen molar-refractivity contribution in [1.82, 2.24) is 9.88 Å². The molecule has 4 heteroatoms. The van der Waals surface area contributed by atoms with Crippen molar-refractivity contribution in [1.29, 1.82) is 0 Å². The van der Waals surface area contributed by atoms with Crippen molar-refractivity contribution >= 4 is 28.1 Å². The SMILES string of the molecule is CC1C=C2c3cc(Cl)c(F)c4ccn(c34)CC2NC1. The summed E-state index contributed by atoms with van der Waals surface area (Å²) in [7, 11) is 0. The molecule has 2 atom stereocenters. The van der Waals surface area contributed by atoms with Crippen LogP contribution in [0, 0.1) is 11.7 Å². The molecule has 0 aliphatic carbocycles. The molecule has 0 radical (unpaired) electrons. The minimum Gasteiger partial charge on any atom is -0.345 e. The number of halogens is 2. The summed E-state index contributed by atoms with van der Waals surface area (Å²) in [6, 6.07) is 3.90. The van der Waals surface area contributed by atoms with E-state index in [4.69, 9.17) is 11.6 Å². The van der Waals surface area contributed by atoms with Crippen molar-refractivity contribution < 1.29 is 4.39 Å². The second-order valence-electron chi connectivity index (χ2n) is 5.51. The summed E-state index contributed by atoms with van der Waals surface area (Å²) in [5.41, 5.74) is 3.30. The Hall–Kier alpha value is -1.32. The van der Waals surface area contributed by atoms with E-state index in [1.165, 1.54) is 5.57 Å². The first-order valence-corrected chi connectivity index (χ1v) is 6.95. The predicted octanol–water partition coefficient (Wildman–Crippen LogP) is 3.44. The standard InChI is InChI=1S/C15H14ClFN2/c1-8-4-10-11-5-12(16)14(17)9-2-3-19(15(9)11)7-13(10)18-6-8/h2-5,8,13,18H,6-7H2,1H3. The first-order chi connectivity index (χ1) is 9.15. The fourth-order valence-corrected chi connectivity index (χ4v) is 3.48. The highest BCUT2D eigenvalue weighted by Gasteiger charge is 2.30. The van der Waals surface area contributed by atoms with Crippen LogP contribution in [0.25, 0.3) is 16.5 Å². The van der Waals surface area contributed by atoms with Gasteiger partial charge in [-0.05, 0) is 23.6 Å². The Kier molecular flexibility index (Phi) is 2.32. The van der Waals surface area contributed by atoms with Crippen LogP contribution in [0.1, 0.15) is 12.5 Å². The minimum absolute atomic E-state index is 0.208. The molecule has 2 aromatic rings.